The van der Waals surface area contributed by atoms with Crippen molar-refractivity contribution in [2.45, 2.75) is 19.0 Å². The normalized spacial score (nSPS) is 12.3. The number of amides is 2. The van der Waals surface area contributed by atoms with Gasteiger partial charge in [0.15, 0.2) is 11.8 Å². The van der Waals surface area contributed by atoms with Crippen LogP contribution in [0.25, 0.3) is 16.8 Å². The zero-order valence-corrected chi connectivity index (χ0v) is 25.5. The van der Waals surface area contributed by atoms with Crippen LogP contribution in [0, 0.1) is 0 Å². The molecule has 1 atom stereocenters. The van der Waals surface area contributed by atoms with Crippen molar-refractivity contribution >= 4 is 35.4 Å². The third-order valence-electron chi connectivity index (χ3n) is 6.89. The number of anilines is 1. The van der Waals surface area contributed by atoms with E-state index in [4.69, 9.17) is 22.1 Å². The Morgan fingerprint density at radius 1 is 1.04 bits per heavy atom. The van der Waals surface area contributed by atoms with Gasteiger partial charge >= 0.3 is 12.6 Å². The Bertz CT molecular complexity index is 1920. The molecule has 5 aromatic rings. The first-order valence-corrected chi connectivity index (χ1v) is 14.3. The van der Waals surface area contributed by atoms with Gasteiger partial charge in [-0.2, -0.15) is 19.0 Å². The number of ether oxygens (including phenoxy) is 1. The van der Waals surface area contributed by atoms with Crippen LogP contribution in [0.1, 0.15) is 40.8 Å². The number of nitrogens with one attached hydrogen (secondary N) is 1. The lowest BCUT2D eigenvalue weighted by atomic mass is 10.0. The Morgan fingerprint density at radius 2 is 1.81 bits per heavy atom. The Hall–Kier alpha value is -5.84. The molecule has 3 aromatic heterocycles. The van der Waals surface area contributed by atoms with E-state index in [-0.39, 0.29) is 33.6 Å². The Morgan fingerprint density at radius 3 is 2.46 bits per heavy atom. The largest absolute Gasteiger partial charge is 0.447 e. The van der Waals surface area contributed by atoms with E-state index in [0.29, 0.717) is 15.8 Å². The van der Waals surface area contributed by atoms with Crippen LogP contribution in [-0.2, 0) is 4.74 Å². The predicted octanol–water partition coefficient (Wildman–Crippen LogP) is 5.89. The van der Waals surface area contributed by atoms with Crippen LogP contribution in [0.3, 0.4) is 0 Å². The summed E-state index contributed by atoms with van der Waals surface area (Å²) in [5.74, 6) is -1.47. The smallest absolute Gasteiger partial charge is 0.412 e. The van der Waals surface area contributed by atoms with Crippen molar-refractivity contribution < 1.29 is 31.9 Å². The van der Waals surface area contributed by atoms with Gasteiger partial charge in [-0.15, -0.1) is 0 Å². The molecule has 0 aliphatic carbocycles. The van der Waals surface area contributed by atoms with Gasteiger partial charge in [0.2, 0.25) is 0 Å². The van der Waals surface area contributed by atoms with E-state index in [0.717, 1.165) is 22.1 Å². The third kappa shape index (κ3) is 7.41. The number of halogens is 5. The molecule has 2 aromatic carbocycles. The summed E-state index contributed by atoms with van der Waals surface area (Å²) in [6, 6.07) is 13.8. The van der Waals surface area contributed by atoms with Gasteiger partial charge in [0.1, 0.15) is 18.8 Å². The Labute approximate surface area is 274 Å². The molecule has 5 rings (SSSR count). The summed E-state index contributed by atoms with van der Waals surface area (Å²) in [5.41, 5.74) is 7.48. The molecule has 0 fully saturated rings. The lowest BCUT2D eigenvalue weighted by Gasteiger charge is -2.31. The van der Waals surface area contributed by atoms with Gasteiger partial charge in [-0.1, -0.05) is 35.9 Å². The molecule has 0 unspecified atom stereocenters. The number of hydrogen-bond acceptors (Lipinski definition) is 8. The molecule has 0 spiro atoms. The van der Waals surface area contributed by atoms with Crippen molar-refractivity contribution in [3.8, 4) is 16.8 Å². The summed E-state index contributed by atoms with van der Waals surface area (Å²) < 4.78 is 60.3. The van der Waals surface area contributed by atoms with Crippen LogP contribution in [0.5, 0.6) is 0 Å². The van der Waals surface area contributed by atoms with Gasteiger partial charge in [-0.05, 0) is 47.5 Å². The Balaban J connectivity index is 1.52. The summed E-state index contributed by atoms with van der Waals surface area (Å²) in [6.07, 6.45) is 0.902. The number of benzene rings is 2. The summed E-state index contributed by atoms with van der Waals surface area (Å²) in [5, 5.41) is 9.99. The number of pyridine rings is 1. The molecule has 3 heterocycles. The van der Waals surface area contributed by atoms with Crippen LogP contribution in [0.4, 0.5) is 28.2 Å². The average Bonchev–Trinajstić information content (AvgIpc) is 3.78. The molecule has 0 bridgehead atoms. The first-order valence-electron chi connectivity index (χ1n) is 13.9. The van der Waals surface area contributed by atoms with Gasteiger partial charge < -0.3 is 10.5 Å². The summed E-state index contributed by atoms with van der Waals surface area (Å²) >= 11 is 6.39. The zero-order valence-electron chi connectivity index (χ0n) is 24.8. The number of carbonyl (C=O) groups excluding carboxylic acids is 2. The molecule has 3 N–H and O–H groups in total. The lowest BCUT2D eigenvalue weighted by molar-refractivity contribution is 0.0566. The molecule has 0 saturated carbocycles. The highest BCUT2D eigenvalue weighted by atomic mass is 35.5. The second-order valence-corrected chi connectivity index (χ2v) is 10.2. The van der Waals surface area contributed by atoms with E-state index in [2.05, 4.69) is 30.5 Å². The van der Waals surface area contributed by atoms with Crippen LogP contribution in [-0.4, -0.2) is 66.0 Å². The molecule has 2 amide bonds. The molecule has 248 valence electrons. The van der Waals surface area contributed by atoms with E-state index in [9.17, 15) is 27.2 Å². The highest BCUT2D eigenvalue weighted by Gasteiger charge is 2.32. The molecule has 0 aliphatic heterocycles. The van der Waals surface area contributed by atoms with Crippen molar-refractivity contribution in [1.82, 2.24) is 34.4 Å². The second-order valence-electron chi connectivity index (χ2n) is 9.82. The van der Waals surface area contributed by atoms with Crippen molar-refractivity contribution in [2.75, 3.05) is 19.0 Å². The highest BCUT2D eigenvalue weighted by Crippen LogP contribution is 2.31. The molecular weight excluding hydrogens is 660 g/mol. The van der Waals surface area contributed by atoms with E-state index in [1.807, 2.05) is 0 Å². The van der Waals surface area contributed by atoms with E-state index >= 15 is 0 Å². The second kappa shape index (κ2) is 14.7. The third-order valence-corrected chi connectivity index (χ3v) is 7.21. The number of nitrogens with zero attached hydrogens (tertiary/aromatic N) is 8. The number of aromatic nitrogens is 6. The van der Waals surface area contributed by atoms with E-state index < -0.39 is 43.4 Å². The van der Waals surface area contributed by atoms with Gasteiger partial charge in [-0.3, -0.25) is 20.0 Å². The van der Waals surface area contributed by atoms with Crippen molar-refractivity contribution in [3.63, 3.8) is 0 Å². The minimum atomic E-state index is -2.99. The van der Waals surface area contributed by atoms with Crippen LogP contribution >= 0.6 is 11.6 Å². The summed E-state index contributed by atoms with van der Waals surface area (Å²) in [7, 11) is 1.34. The maximum Gasteiger partial charge on any atom is 0.412 e. The molecule has 18 heteroatoms. The van der Waals surface area contributed by atoms with E-state index in [1.54, 1.807) is 12.1 Å². The molecule has 0 saturated heterocycles. The van der Waals surface area contributed by atoms with Crippen LogP contribution in [0.2, 0.25) is 5.02 Å². The molecule has 0 aliphatic rings. The van der Waals surface area contributed by atoms with Crippen LogP contribution < -0.4 is 11.1 Å². The van der Waals surface area contributed by atoms with Gasteiger partial charge in [-0.25, -0.2) is 32.9 Å². The quantitative estimate of drug-likeness (QED) is 0.105. The fourth-order valence-electron chi connectivity index (χ4n) is 4.59. The predicted molar refractivity (Wildman–Crippen MR) is 166 cm³/mol. The van der Waals surface area contributed by atoms with Crippen molar-refractivity contribution in [1.29, 1.82) is 0 Å². The molecule has 48 heavy (non-hydrogen) atoms. The first-order chi connectivity index (χ1) is 23.1. The fraction of sp³-hybridized carbons (Fsp3) is 0.167. The minimum absolute atomic E-state index is 0.00184. The fourth-order valence-corrected chi connectivity index (χ4v) is 4.78. The first kappa shape index (κ1) is 33.5. The van der Waals surface area contributed by atoms with Gasteiger partial charge in [0, 0.05) is 30.6 Å². The number of nitrogens with two attached hydrogens (primary N) is 1. The molecular formula is C30H25ClF4N10O3. The highest BCUT2D eigenvalue weighted by molar-refractivity contribution is 6.32. The lowest BCUT2D eigenvalue weighted by Crippen LogP contribution is -2.46. The topological polar surface area (TPSA) is 158 Å². The summed E-state index contributed by atoms with van der Waals surface area (Å²) in [6.45, 7) is -3.33. The standard InChI is InChI=1S/C30H25ClF4N10O3/c1-37-29(36)44(27(46)18-7-5-17(6-8-18)20-13-40-43(14-20)28(34)35)23(15-48-30(47)42-24-4-2-3-11-38-24)19-9-10-21(31)22(12-19)45-26(25(32)33)39-16-41-45/h2-14,16,23,25,28H,15H2,1H3,(H2,36,37)(H,38,42,47)/t23-/m1/s1. The Kier molecular flexibility index (Phi) is 10.3. The number of aliphatic imine (C=N–C) groups is 1. The minimum Gasteiger partial charge on any atom is -0.447 e. The number of alkyl halides is 4. The zero-order chi connectivity index (χ0) is 34.4. The maximum atomic E-state index is 14.1. The maximum absolute atomic E-state index is 14.1. The van der Waals surface area contributed by atoms with E-state index in [1.165, 1.54) is 68.0 Å². The van der Waals surface area contributed by atoms with Gasteiger partial charge in [0.25, 0.3) is 12.3 Å². The number of rotatable bonds is 10. The van der Waals surface area contributed by atoms with Crippen molar-refractivity contribution in [3.05, 3.63) is 108 Å². The monoisotopic (exact) mass is 684 g/mol. The molecule has 13 nitrogen and oxygen atoms in total. The summed E-state index contributed by atoms with van der Waals surface area (Å²) in [4.78, 5) is 39.5. The van der Waals surface area contributed by atoms with Crippen LogP contribution in [0.15, 0.2) is 90.6 Å². The number of guanidine groups is 1. The SMILES string of the molecule is CN=C(N)N(C(=O)c1ccc(-c2cnn(C(F)F)c2)cc1)[C@H](COC(=O)Nc1ccccn1)c1ccc(Cl)c(-n2ncnc2C(F)F)c1. The van der Waals surface area contributed by atoms with Gasteiger partial charge in [0.05, 0.1) is 22.9 Å². The molecule has 0 radical (unpaired) electrons. The number of hydrogen-bond donors (Lipinski definition) is 2. The van der Waals surface area contributed by atoms with Crippen molar-refractivity contribution in [2.24, 2.45) is 10.7 Å². The average molecular weight is 685 g/mol. The number of carbonyl (C=O) groups is 2.